The number of H-pyrrole nitrogens is 1. The molecule has 5 rings (SSSR count). The molecule has 8 nitrogen and oxygen atoms in total. The number of benzene rings is 1. The normalized spacial score (nSPS) is 23.0. The minimum atomic E-state index is -0.580. The molecule has 3 heterocycles. The van der Waals surface area contributed by atoms with E-state index in [0.717, 1.165) is 30.3 Å². The molecule has 164 valence electrons. The maximum absolute atomic E-state index is 13.9. The number of hydrogen-bond donors (Lipinski definition) is 1. The number of aromatic nitrogens is 3. The molecule has 3 aromatic rings. The van der Waals surface area contributed by atoms with Gasteiger partial charge in [0, 0.05) is 24.9 Å². The number of amides is 1. The van der Waals surface area contributed by atoms with Crippen LogP contribution in [0.15, 0.2) is 35.5 Å². The first-order valence-corrected chi connectivity index (χ1v) is 10.6. The predicted octanol–water partition coefficient (Wildman–Crippen LogP) is 3.63. The molecule has 1 spiro atoms. The van der Waals surface area contributed by atoms with Crippen molar-refractivity contribution in [3.05, 3.63) is 58.0 Å². The summed E-state index contributed by atoms with van der Waals surface area (Å²) in [7, 11) is 0. The Morgan fingerprint density at radius 3 is 3.00 bits per heavy atom. The summed E-state index contributed by atoms with van der Waals surface area (Å²) >= 11 is 0. The Bertz CT molecular complexity index is 1320. The fourth-order valence-electron chi connectivity index (χ4n) is 5.09. The maximum Gasteiger partial charge on any atom is 0.415 e. The van der Waals surface area contributed by atoms with E-state index in [1.807, 2.05) is 10.6 Å². The lowest BCUT2D eigenvalue weighted by Crippen LogP contribution is -2.40. The van der Waals surface area contributed by atoms with E-state index in [1.165, 1.54) is 18.2 Å². The monoisotopic (exact) mass is 435 g/mol. The lowest BCUT2D eigenvalue weighted by atomic mass is 9.78. The van der Waals surface area contributed by atoms with Crippen LogP contribution in [0, 0.1) is 30.0 Å². The third-order valence-electron chi connectivity index (χ3n) is 6.55. The van der Waals surface area contributed by atoms with Gasteiger partial charge in [0.1, 0.15) is 17.5 Å². The van der Waals surface area contributed by atoms with E-state index in [1.54, 1.807) is 24.3 Å². The second-order valence-corrected chi connectivity index (χ2v) is 8.79. The molecule has 1 saturated heterocycles. The molecule has 2 aromatic heterocycles. The van der Waals surface area contributed by atoms with E-state index in [0.29, 0.717) is 30.7 Å². The second kappa shape index (κ2) is 7.48. The van der Waals surface area contributed by atoms with Crippen molar-refractivity contribution >= 4 is 22.8 Å². The van der Waals surface area contributed by atoms with E-state index in [9.17, 15) is 14.0 Å². The Hall–Kier alpha value is -3.67. The zero-order chi connectivity index (χ0) is 22.5. The van der Waals surface area contributed by atoms with Crippen molar-refractivity contribution in [3.8, 4) is 6.07 Å². The van der Waals surface area contributed by atoms with Gasteiger partial charge in [-0.2, -0.15) is 5.26 Å². The van der Waals surface area contributed by atoms with Crippen LogP contribution in [0.5, 0.6) is 0 Å². The van der Waals surface area contributed by atoms with Crippen molar-refractivity contribution in [2.45, 2.75) is 44.8 Å². The van der Waals surface area contributed by atoms with Crippen molar-refractivity contribution < 1.29 is 13.9 Å². The number of rotatable bonds is 3. The summed E-state index contributed by atoms with van der Waals surface area (Å²) < 4.78 is 21.8. The zero-order valence-corrected chi connectivity index (χ0v) is 17.6. The highest BCUT2D eigenvalue weighted by Crippen LogP contribution is 2.42. The minimum Gasteiger partial charge on any atom is -0.441 e. The van der Waals surface area contributed by atoms with Crippen molar-refractivity contribution in [2.24, 2.45) is 5.92 Å². The van der Waals surface area contributed by atoms with Gasteiger partial charge in [-0.1, -0.05) is 0 Å². The van der Waals surface area contributed by atoms with Crippen LogP contribution in [-0.2, 0) is 11.3 Å². The average molecular weight is 435 g/mol. The summed E-state index contributed by atoms with van der Waals surface area (Å²) in [6, 6.07) is 6.17. The van der Waals surface area contributed by atoms with Crippen LogP contribution in [-0.4, -0.2) is 32.8 Å². The minimum absolute atomic E-state index is 0.00370. The Morgan fingerprint density at radius 1 is 1.38 bits per heavy atom. The quantitative estimate of drug-likeness (QED) is 0.677. The number of carbonyl (C=O) groups excluding carboxylic acids is 1. The fourth-order valence-corrected chi connectivity index (χ4v) is 5.09. The standard InChI is InChI=1S/C23H22FN5O3/c1-14-5-21(30)26-10-20(14)29-12-23(32-22(29)31)4-2-3-15(8-23)11-28-13-27-18-7-17(24)16(9-25)6-19(18)28/h5-7,10,13,15H,2-4,8,11-12H2,1H3,(H,26,30). The first-order chi connectivity index (χ1) is 15.4. The van der Waals surface area contributed by atoms with Crippen molar-refractivity contribution in [1.82, 2.24) is 14.5 Å². The molecule has 32 heavy (non-hydrogen) atoms. The van der Waals surface area contributed by atoms with E-state index >= 15 is 0 Å². The van der Waals surface area contributed by atoms with Gasteiger partial charge in [0.25, 0.3) is 0 Å². The predicted molar refractivity (Wildman–Crippen MR) is 115 cm³/mol. The topological polar surface area (TPSA) is 104 Å². The summed E-state index contributed by atoms with van der Waals surface area (Å²) in [6.07, 6.45) is 6.20. The Balaban J connectivity index is 1.37. The number of hydrogen-bond acceptors (Lipinski definition) is 5. The van der Waals surface area contributed by atoms with Gasteiger partial charge in [0.05, 0.1) is 35.2 Å². The first kappa shape index (κ1) is 20.2. The van der Waals surface area contributed by atoms with E-state index in [-0.39, 0.29) is 17.0 Å². The molecule has 9 heteroatoms. The number of nitrogens with one attached hydrogen (secondary N) is 1. The Morgan fingerprint density at radius 2 is 2.22 bits per heavy atom. The fraction of sp³-hybridized carbons (Fsp3) is 0.391. The molecule has 1 aromatic carbocycles. The van der Waals surface area contributed by atoms with Crippen LogP contribution in [0.4, 0.5) is 14.9 Å². The number of aromatic amines is 1. The highest BCUT2D eigenvalue weighted by molar-refractivity contribution is 5.91. The molecular weight excluding hydrogens is 413 g/mol. The number of imidazole rings is 1. The maximum atomic E-state index is 13.9. The molecule has 2 atom stereocenters. The smallest absolute Gasteiger partial charge is 0.415 e. The summed E-state index contributed by atoms with van der Waals surface area (Å²) in [5.74, 6) is -0.335. The third kappa shape index (κ3) is 3.42. The van der Waals surface area contributed by atoms with Gasteiger partial charge < -0.3 is 14.3 Å². The van der Waals surface area contributed by atoms with E-state index in [2.05, 4.69) is 9.97 Å². The number of nitriles is 1. The van der Waals surface area contributed by atoms with Crippen LogP contribution >= 0.6 is 0 Å². The molecule has 1 amide bonds. The SMILES string of the molecule is Cc1cc(=O)[nH]cc1N1CC2(CCCC(Cn3cnc4cc(F)c(C#N)cc43)C2)OC1=O. The van der Waals surface area contributed by atoms with Crippen molar-refractivity contribution in [2.75, 3.05) is 11.4 Å². The van der Waals surface area contributed by atoms with Gasteiger partial charge in [-0.3, -0.25) is 9.69 Å². The number of carbonyl (C=O) groups is 1. The average Bonchev–Trinajstić information content (AvgIpc) is 3.27. The van der Waals surface area contributed by atoms with Crippen LogP contribution in [0.3, 0.4) is 0 Å². The number of halogens is 1. The van der Waals surface area contributed by atoms with Crippen molar-refractivity contribution in [3.63, 3.8) is 0 Å². The molecule has 2 aliphatic rings. The lowest BCUT2D eigenvalue weighted by molar-refractivity contribution is 0.00439. The largest absolute Gasteiger partial charge is 0.441 e. The number of pyridine rings is 1. The summed E-state index contributed by atoms with van der Waals surface area (Å²) in [5.41, 5.74) is 1.81. The Kier molecular flexibility index (Phi) is 4.73. The van der Waals surface area contributed by atoms with Gasteiger partial charge >= 0.3 is 6.09 Å². The first-order valence-electron chi connectivity index (χ1n) is 10.6. The van der Waals surface area contributed by atoms with Gasteiger partial charge in [-0.05, 0) is 50.2 Å². The molecule has 1 aliphatic heterocycles. The molecule has 2 fully saturated rings. The van der Waals surface area contributed by atoms with Gasteiger partial charge in [-0.25, -0.2) is 14.2 Å². The number of nitrogens with zero attached hydrogens (tertiary/aromatic N) is 4. The number of aryl methyl sites for hydroxylation is 1. The summed E-state index contributed by atoms with van der Waals surface area (Å²) in [5, 5.41) is 9.15. The lowest BCUT2D eigenvalue weighted by Gasteiger charge is -2.36. The number of ether oxygens (including phenoxy) is 1. The Labute approximate surface area is 183 Å². The van der Waals surface area contributed by atoms with Gasteiger partial charge in [0.15, 0.2) is 0 Å². The van der Waals surface area contributed by atoms with E-state index < -0.39 is 17.5 Å². The van der Waals surface area contributed by atoms with Crippen molar-refractivity contribution in [1.29, 1.82) is 5.26 Å². The number of fused-ring (bicyclic) bond motifs is 1. The highest BCUT2D eigenvalue weighted by Gasteiger charge is 2.48. The highest BCUT2D eigenvalue weighted by atomic mass is 19.1. The van der Waals surface area contributed by atoms with Crippen LogP contribution in [0.2, 0.25) is 0 Å². The molecule has 2 unspecified atom stereocenters. The van der Waals surface area contributed by atoms with Crippen LogP contribution < -0.4 is 10.5 Å². The number of anilines is 1. The van der Waals surface area contributed by atoms with Gasteiger partial charge in [-0.15, -0.1) is 0 Å². The molecule has 1 N–H and O–H groups in total. The second-order valence-electron chi connectivity index (χ2n) is 8.79. The zero-order valence-electron chi connectivity index (χ0n) is 17.6. The molecule has 0 bridgehead atoms. The third-order valence-corrected chi connectivity index (χ3v) is 6.55. The van der Waals surface area contributed by atoms with Gasteiger partial charge in [0.2, 0.25) is 5.56 Å². The molecule has 0 radical (unpaired) electrons. The molecule has 1 saturated carbocycles. The van der Waals surface area contributed by atoms with E-state index in [4.69, 9.17) is 10.00 Å². The summed E-state index contributed by atoms with van der Waals surface area (Å²) in [4.78, 5) is 32.8. The molecule has 1 aliphatic carbocycles. The van der Waals surface area contributed by atoms with Crippen LogP contribution in [0.1, 0.15) is 36.8 Å². The molecular formula is C23H22FN5O3. The van der Waals surface area contributed by atoms with Crippen LogP contribution in [0.25, 0.3) is 11.0 Å². The summed E-state index contributed by atoms with van der Waals surface area (Å²) in [6.45, 7) is 2.88.